The van der Waals surface area contributed by atoms with Crippen molar-refractivity contribution in [3.63, 3.8) is 0 Å². The van der Waals surface area contributed by atoms with Gasteiger partial charge in [0, 0.05) is 11.1 Å². The van der Waals surface area contributed by atoms with E-state index in [1.54, 1.807) is 12.2 Å². The minimum Gasteiger partial charge on any atom is -0.289 e. The van der Waals surface area contributed by atoms with Gasteiger partial charge in [-0.2, -0.15) is 0 Å². The fraction of sp³-hybridized carbons (Fsp3) is 0.267. The molecule has 0 aliphatic carbocycles. The average Bonchev–Trinajstić information content (AvgIpc) is 2.25. The van der Waals surface area contributed by atoms with E-state index in [0.717, 1.165) is 11.1 Å². The van der Waals surface area contributed by atoms with Crippen LogP contribution < -0.4 is 0 Å². The van der Waals surface area contributed by atoms with Crippen molar-refractivity contribution in [1.82, 2.24) is 0 Å². The summed E-state index contributed by atoms with van der Waals surface area (Å²) < 4.78 is 0. The number of ketones is 1. The molecule has 0 aliphatic rings. The predicted molar refractivity (Wildman–Crippen MR) is 68.5 cm³/mol. The third-order valence-electron chi connectivity index (χ3n) is 2.37. The van der Waals surface area contributed by atoms with Crippen molar-refractivity contribution in [3.8, 4) is 0 Å². The van der Waals surface area contributed by atoms with Crippen molar-refractivity contribution < 1.29 is 4.79 Å². The second-order valence-electron chi connectivity index (χ2n) is 4.76. The Morgan fingerprint density at radius 1 is 1.19 bits per heavy atom. The molecular formula is C15H18O. The standard InChI is InChI=1S/C15H18O/c1-5-9-13(15(2,3)4)14(16)12-10-7-6-8-11-12/h5-11H,1H2,2-4H3/b13-9+. The van der Waals surface area contributed by atoms with E-state index in [4.69, 9.17) is 0 Å². The summed E-state index contributed by atoms with van der Waals surface area (Å²) in [5, 5.41) is 0. The number of rotatable bonds is 3. The summed E-state index contributed by atoms with van der Waals surface area (Å²) in [6, 6.07) is 9.34. The largest absolute Gasteiger partial charge is 0.289 e. The Hall–Kier alpha value is -1.63. The van der Waals surface area contributed by atoms with Gasteiger partial charge in [0.05, 0.1) is 0 Å². The molecule has 0 bridgehead atoms. The van der Waals surface area contributed by atoms with Crippen molar-refractivity contribution in [2.75, 3.05) is 0 Å². The first kappa shape index (κ1) is 12.4. The van der Waals surface area contributed by atoms with Crippen molar-refractivity contribution in [3.05, 3.63) is 60.2 Å². The van der Waals surface area contributed by atoms with Gasteiger partial charge in [-0.25, -0.2) is 0 Å². The van der Waals surface area contributed by atoms with Gasteiger partial charge in [0.25, 0.3) is 0 Å². The van der Waals surface area contributed by atoms with E-state index in [9.17, 15) is 4.79 Å². The number of Topliss-reactive ketones (excluding diaryl/α,β-unsaturated/α-hetero) is 1. The molecule has 1 aromatic rings. The minimum atomic E-state index is -0.166. The molecule has 1 aromatic carbocycles. The van der Waals surface area contributed by atoms with Crippen molar-refractivity contribution in [2.45, 2.75) is 20.8 Å². The van der Waals surface area contributed by atoms with Crippen molar-refractivity contribution >= 4 is 5.78 Å². The smallest absolute Gasteiger partial charge is 0.189 e. The summed E-state index contributed by atoms with van der Waals surface area (Å²) in [7, 11) is 0. The molecule has 0 spiro atoms. The zero-order valence-electron chi connectivity index (χ0n) is 10.2. The first-order valence-corrected chi connectivity index (χ1v) is 5.40. The first-order chi connectivity index (χ1) is 7.46. The summed E-state index contributed by atoms with van der Waals surface area (Å²) in [5.74, 6) is 0.0769. The number of benzene rings is 1. The minimum absolute atomic E-state index is 0.0769. The van der Waals surface area contributed by atoms with Crippen molar-refractivity contribution in [1.29, 1.82) is 0 Å². The van der Waals surface area contributed by atoms with E-state index in [1.807, 2.05) is 51.1 Å². The van der Waals surface area contributed by atoms with Crippen LogP contribution in [-0.4, -0.2) is 5.78 Å². The molecule has 16 heavy (non-hydrogen) atoms. The number of carbonyl (C=O) groups excluding carboxylic acids is 1. The second kappa shape index (κ2) is 4.93. The van der Waals surface area contributed by atoms with E-state index in [-0.39, 0.29) is 11.2 Å². The fourth-order valence-electron chi connectivity index (χ4n) is 1.53. The van der Waals surface area contributed by atoms with E-state index < -0.39 is 0 Å². The second-order valence-corrected chi connectivity index (χ2v) is 4.76. The zero-order chi connectivity index (χ0) is 12.2. The fourth-order valence-corrected chi connectivity index (χ4v) is 1.53. The van der Waals surface area contributed by atoms with Crippen LogP contribution in [0.15, 0.2) is 54.6 Å². The third kappa shape index (κ3) is 2.93. The monoisotopic (exact) mass is 214 g/mol. The maximum absolute atomic E-state index is 12.3. The molecule has 0 aromatic heterocycles. The molecule has 1 heteroatoms. The highest BCUT2D eigenvalue weighted by atomic mass is 16.1. The van der Waals surface area contributed by atoms with Crippen LogP contribution in [0.2, 0.25) is 0 Å². The molecule has 1 rings (SSSR count). The molecule has 0 saturated heterocycles. The molecule has 0 radical (unpaired) electrons. The molecule has 84 valence electrons. The maximum Gasteiger partial charge on any atom is 0.189 e. The lowest BCUT2D eigenvalue weighted by molar-refractivity contribution is 0.101. The molecular weight excluding hydrogens is 196 g/mol. The molecule has 0 unspecified atom stereocenters. The zero-order valence-corrected chi connectivity index (χ0v) is 10.2. The first-order valence-electron chi connectivity index (χ1n) is 5.40. The lowest BCUT2D eigenvalue weighted by atomic mass is 9.81. The summed E-state index contributed by atoms with van der Waals surface area (Å²) in [6.07, 6.45) is 3.47. The quantitative estimate of drug-likeness (QED) is 0.422. The van der Waals surface area contributed by atoms with Crippen LogP contribution in [0.5, 0.6) is 0 Å². The number of carbonyl (C=O) groups is 1. The summed E-state index contributed by atoms with van der Waals surface area (Å²) in [6.45, 7) is 9.75. The van der Waals surface area contributed by atoms with Crippen LogP contribution >= 0.6 is 0 Å². The highest BCUT2D eigenvalue weighted by Gasteiger charge is 2.23. The highest BCUT2D eigenvalue weighted by molar-refractivity contribution is 6.09. The Balaban J connectivity index is 3.13. The van der Waals surface area contributed by atoms with Gasteiger partial charge in [-0.05, 0) is 5.41 Å². The Kier molecular flexibility index (Phi) is 3.83. The van der Waals surface area contributed by atoms with Crippen LogP contribution in [0.4, 0.5) is 0 Å². The van der Waals surface area contributed by atoms with Gasteiger partial charge in [-0.3, -0.25) is 4.79 Å². The van der Waals surface area contributed by atoms with E-state index in [2.05, 4.69) is 6.58 Å². The molecule has 0 fully saturated rings. The van der Waals surface area contributed by atoms with Gasteiger partial charge < -0.3 is 0 Å². The SMILES string of the molecule is C=C/C=C(\C(=O)c1ccccc1)C(C)(C)C. The molecule has 0 heterocycles. The normalized spacial score (nSPS) is 12.3. The van der Waals surface area contributed by atoms with E-state index >= 15 is 0 Å². The van der Waals surface area contributed by atoms with Gasteiger partial charge in [0.1, 0.15) is 0 Å². The summed E-state index contributed by atoms with van der Waals surface area (Å²) >= 11 is 0. The van der Waals surface area contributed by atoms with Gasteiger partial charge in [-0.15, -0.1) is 0 Å². The third-order valence-corrected chi connectivity index (χ3v) is 2.37. The van der Waals surface area contributed by atoms with Crippen LogP contribution in [0, 0.1) is 5.41 Å². The van der Waals surface area contributed by atoms with Crippen LogP contribution in [0.25, 0.3) is 0 Å². The Morgan fingerprint density at radius 3 is 2.19 bits per heavy atom. The lowest BCUT2D eigenvalue weighted by Crippen LogP contribution is -2.18. The lowest BCUT2D eigenvalue weighted by Gasteiger charge is -2.21. The number of hydrogen-bond donors (Lipinski definition) is 0. The molecule has 0 N–H and O–H groups in total. The van der Waals surface area contributed by atoms with Gasteiger partial charge in [0.2, 0.25) is 0 Å². The number of hydrogen-bond acceptors (Lipinski definition) is 1. The topological polar surface area (TPSA) is 17.1 Å². The summed E-state index contributed by atoms with van der Waals surface area (Å²) in [4.78, 5) is 12.3. The van der Waals surface area contributed by atoms with Gasteiger partial charge >= 0.3 is 0 Å². The van der Waals surface area contributed by atoms with Crippen LogP contribution in [0.3, 0.4) is 0 Å². The Morgan fingerprint density at radius 2 is 1.75 bits per heavy atom. The van der Waals surface area contributed by atoms with Crippen LogP contribution in [-0.2, 0) is 0 Å². The van der Waals surface area contributed by atoms with E-state index in [0.29, 0.717) is 0 Å². The van der Waals surface area contributed by atoms with Gasteiger partial charge in [-0.1, -0.05) is 69.8 Å². The molecule has 0 amide bonds. The highest BCUT2D eigenvalue weighted by Crippen LogP contribution is 2.28. The number of allylic oxidation sites excluding steroid dienone is 3. The summed E-state index contributed by atoms with van der Waals surface area (Å²) in [5.41, 5.74) is 1.35. The van der Waals surface area contributed by atoms with Crippen LogP contribution in [0.1, 0.15) is 31.1 Å². The molecule has 0 aliphatic heterocycles. The predicted octanol–water partition coefficient (Wildman–Crippen LogP) is 4.03. The van der Waals surface area contributed by atoms with Gasteiger partial charge in [0.15, 0.2) is 5.78 Å². The molecule has 0 saturated carbocycles. The maximum atomic E-state index is 12.3. The molecule has 0 atom stereocenters. The average molecular weight is 214 g/mol. The van der Waals surface area contributed by atoms with Crippen molar-refractivity contribution in [2.24, 2.45) is 5.41 Å². The van der Waals surface area contributed by atoms with E-state index in [1.165, 1.54) is 0 Å². The Bertz CT molecular complexity index is 405. The molecule has 1 nitrogen and oxygen atoms in total. The Labute approximate surface area is 97.5 Å².